The monoisotopic (exact) mass is 893 g/mol. The highest BCUT2D eigenvalue weighted by molar-refractivity contribution is 7.25. The molecule has 1 nitrogen and oxygen atoms in total. The molecular weight excluding hydrogens is 851 g/mol. The average molecular weight is 894 g/mol. The second-order valence-corrected chi connectivity index (χ2v) is 19.4. The van der Waals surface area contributed by atoms with Crippen molar-refractivity contribution in [3.8, 4) is 66.8 Å². The van der Waals surface area contributed by atoms with Crippen LogP contribution in [-0.4, -0.2) is 0 Å². The highest BCUT2D eigenvalue weighted by Crippen LogP contribution is 2.61. The molecule has 0 amide bonds. The van der Waals surface area contributed by atoms with E-state index >= 15 is 0 Å². The minimum absolute atomic E-state index is 0.503. The zero-order valence-corrected chi connectivity index (χ0v) is 38.5. The molecule has 2 aliphatic carbocycles. The fourth-order valence-electron chi connectivity index (χ4n) is 11.6. The van der Waals surface area contributed by atoms with E-state index in [1.165, 1.54) is 109 Å². The number of fused-ring (bicyclic) bond motifs is 15. The maximum Gasteiger partial charge on any atom is 0.0725 e. The Morgan fingerprint density at radius 3 is 1.33 bits per heavy atom. The van der Waals surface area contributed by atoms with Crippen LogP contribution in [0.1, 0.15) is 22.3 Å². The number of hydrogen-bond acceptors (Lipinski definition) is 2. The van der Waals surface area contributed by atoms with Crippen LogP contribution in [0.25, 0.3) is 86.9 Å². The molecule has 12 aromatic rings. The summed E-state index contributed by atoms with van der Waals surface area (Å²) in [6.45, 7) is 0. The summed E-state index contributed by atoms with van der Waals surface area (Å²) in [7, 11) is 0. The molecule has 0 bridgehead atoms. The molecular formula is C67H43NS. The average Bonchev–Trinajstić information content (AvgIpc) is 3.91. The SMILES string of the molecule is c1ccc(-c2ccc(N(c3ccc(-c4ccc5sc6ccccc6c5c4)cc3)c3cccc(-c4ccc5c(c4)-c4ccccc4C54c5ccccc5-c5ccccc5-c5ccccc54)c3)cc2)cc1. The van der Waals surface area contributed by atoms with Crippen molar-refractivity contribution >= 4 is 48.6 Å². The minimum atomic E-state index is -0.503. The van der Waals surface area contributed by atoms with Gasteiger partial charge in [0.1, 0.15) is 0 Å². The van der Waals surface area contributed by atoms with Gasteiger partial charge in [0.25, 0.3) is 0 Å². The van der Waals surface area contributed by atoms with Gasteiger partial charge >= 0.3 is 0 Å². The van der Waals surface area contributed by atoms with Gasteiger partial charge in [-0.2, -0.15) is 0 Å². The van der Waals surface area contributed by atoms with Crippen LogP contribution in [0.3, 0.4) is 0 Å². The molecule has 0 fully saturated rings. The first-order chi connectivity index (χ1) is 34.2. The van der Waals surface area contributed by atoms with E-state index in [4.69, 9.17) is 0 Å². The third kappa shape index (κ3) is 6.16. The molecule has 1 spiro atoms. The Morgan fingerprint density at radius 1 is 0.246 bits per heavy atom. The van der Waals surface area contributed by atoms with Crippen molar-refractivity contribution < 1.29 is 0 Å². The van der Waals surface area contributed by atoms with Gasteiger partial charge in [0.05, 0.1) is 5.41 Å². The highest BCUT2D eigenvalue weighted by atomic mass is 32.1. The van der Waals surface area contributed by atoms with Gasteiger partial charge in [-0.05, 0) is 150 Å². The number of anilines is 3. The van der Waals surface area contributed by atoms with Crippen molar-refractivity contribution in [3.05, 3.63) is 283 Å². The van der Waals surface area contributed by atoms with Gasteiger partial charge in [-0.1, -0.05) is 200 Å². The Balaban J connectivity index is 0.899. The summed E-state index contributed by atoms with van der Waals surface area (Å²) >= 11 is 1.86. The van der Waals surface area contributed by atoms with Gasteiger partial charge in [0.2, 0.25) is 0 Å². The van der Waals surface area contributed by atoms with Crippen molar-refractivity contribution in [1.82, 2.24) is 0 Å². The lowest BCUT2D eigenvalue weighted by Gasteiger charge is -2.35. The van der Waals surface area contributed by atoms with Gasteiger partial charge in [-0.25, -0.2) is 0 Å². The third-order valence-corrected chi connectivity index (χ3v) is 15.9. The first kappa shape index (κ1) is 39.6. The Bertz CT molecular complexity index is 3890. The quantitative estimate of drug-likeness (QED) is 0.161. The summed E-state index contributed by atoms with van der Waals surface area (Å²) in [5, 5.41) is 2.63. The molecule has 14 rings (SSSR count). The molecule has 0 saturated heterocycles. The van der Waals surface area contributed by atoms with Crippen molar-refractivity contribution in [2.45, 2.75) is 5.41 Å². The summed E-state index contributed by atoms with van der Waals surface area (Å²) in [6, 6.07) is 96.9. The van der Waals surface area contributed by atoms with Crippen LogP contribution >= 0.6 is 11.3 Å². The van der Waals surface area contributed by atoms with E-state index in [1.807, 2.05) is 11.3 Å². The second-order valence-electron chi connectivity index (χ2n) is 18.3. The van der Waals surface area contributed by atoms with Crippen molar-refractivity contribution in [2.75, 3.05) is 4.90 Å². The fraction of sp³-hybridized carbons (Fsp3) is 0.0149. The Kier molecular flexibility index (Phi) is 9.05. The minimum Gasteiger partial charge on any atom is -0.310 e. The normalized spacial score (nSPS) is 12.8. The van der Waals surface area contributed by atoms with Gasteiger partial charge in [-0.15, -0.1) is 11.3 Å². The topological polar surface area (TPSA) is 3.24 Å². The molecule has 69 heavy (non-hydrogen) atoms. The lowest BCUT2D eigenvalue weighted by molar-refractivity contribution is 0.775. The van der Waals surface area contributed by atoms with E-state index < -0.39 is 5.41 Å². The fourth-order valence-corrected chi connectivity index (χ4v) is 12.7. The lowest BCUT2D eigenvalue weighted by Crippen LogP contribution is -2.29. The number of nitrogens with zero attached hydrogens (tertiary/aromatic N) is 1. The van der Waals surface area contributed by atoms with E-state index in [2.05, 4.69) is 266 Å². The first-order valence-electron chi connectivity index (χ1n) is 23.8. The van der Waals surface area contributed by atoms with E-state index in [-0.39, 0.29) is 0 Å². The van der Waals surface area contributed by atoms with Crippen molar-refractivity contribution in [2.24, 2.45) is 0 Å². The molecule has 0 unspecified atom stereocenters. The molecule has 11 aromatic carbocycles. The molecule has 1 aromatic heterocycles. The van der Waals surface area contributed by atoms with E-state index in [0.29, 0.717) is 0 Å². The molecule has 0 atom stereocenters. The Hall–Kier alpha value is -8.56. The van der Waals surface area contributed by atoms with Crippen LogP contribution in [0.4, 0.5) is 17.1 Å². The highest BCUT2D eigenvalue weighted by Gasteiger charge is 2.49. The molecule has 1 heterocycles. The van der Waals surface area contributed by atoms with E-state index in [1.54, 1.807) is 0 Å². The number of rotatable bonds is 6. The Labute approximate surface area is 406 Å². The number of benzene rings is 11. The van der Waals surface area contributed by atoms with Gasteiger partial charge in [0.15, 0.2) is 0 Å². The lowest BCUT2D eigenvalue weighted by atomic mass is 9.66. The molecule has 2 heteroatoms. The van der Waals surface area contributed by atoms with E-state index in [9.17, 15) is 0 Å². The summed E-state index contributed by atoms with van der Waals surface area (Å²) in [5.74, 6) is 0. The molecule has 2 aliphatic rings. The van der Waals surface area contributed by atoms with Crippen LogP contribution in [0.15, 0.2) is 261 Å². The number of hydrogen-bond donors (Lipinski definition) is 0. The summed E-state index contributed by atoms with van der Waals surface area (Å²) in [5.41, 5.74) is 22.9. The zero-order valence-electron chi connectivity index (χ0n) is 37.7. The summed E-state index contributed by atoms with van der Waals surface area (Å²) in [4.78, 5) is 2.40. The van der Waals surface area contributed by atoms with Crippen LogP contribution in [0.2, 0.25) is 0 Å². The largest absolute Gasteiger partial charge is 0.310 e. The maximum atomic E-state index is 2.45. The molecule has 0 aliphatic heterocycles. The standard InChI is InChI=1S/C67H43NS/c1-2-15-44(16-3-1)45-29-35-50(36-30-45)68(51-37-31-46(32-38-51)48-34-40-66-60(43-48)58-24-9-13-28-65(58)69-66)52-18-14-17-47(41-52)49-33-39-64-59(42-49)57-23-8-12-27-63(57)67(64)61-25-10-6-21-55(61)53-19-4-5-20-54(53)56-22-7-11-26-62(56)67/h1-43H. The number of thiophene rings is 1. The van der Waals surface area contributed by atoms with Crippen LogP contribution < -0.4 is 4.90 Å². The molecule has 0 radical (unpaired) electrons. The predicted molar refractivity (Wildman–Crippen MR) is 292 cm³/mol. The van der Waals surface area contributed by atoms with Gasteiger partial charge in [0, 0.05) is 37.2 Å². The summed E-state index contributed by atoms with van der Waals surface area (Å²) < 4.78 is 2.65. The first-order valence-corrected chi connectivity index (χ1v) is 24.6. The van der Waals surface area contributed by atoms with Crippen molar-refractivity contribution in [3.63, 3.8) is 0 Å². The predicted octanol–water partition coefficient (Wildman–Crippen LogP) is 18.5. The smallest absolute Gasteiger partial charge is 0.0725 e. The maximum absolute atomic E-state index is 2.45. The molecule has 0 N–H and O–H groups in total. The van der Waals surface area contributed by atoms with Crippen molar-refractivity contribution in [1.29, 1.82) is 0 Å². The summed E-state index contributed by atoms with van der Waals surface area (Å²) in [6.07, 6.45) is 0. The van der Waals surface area contributed by atoms with Gasteiger partial charge < -0.3 is 4.90 Å². The molecule has 322 valence electrons. The van der Waals surface area contributed by atoms with Crippen LogP contribution in [0.5, 0.6) is 0 Å². The zero-order chi connectivity index (χ0) is 45.5. The molecule has 0 saturated carbocycles. The van der Waals surface area contributed by atoms with Gasteiger partial charge in [-0.3, -0.25) is 0 Å². The second kappa shape index (κ2) is 15.8. The third-order valence-electron chi connectivity index (χ3n) is 14.7. The van der Waals surface area contributed by atoms with Crippen LogP contribution in [0, 0.1) is 0 Å². The Morgan fingerprint density at radius 2 is 0.681 bits per heavy atom. The van der Waals surface area contributed by atoms with Crippen LogP contribution in [-0.2, 0) is 5.41 Å². The van der Waals surface area contributed by atoms with E-state index in [0.717, 1.165) is 17.1 Å².